The van der Waals surface area contributed by atoms with E-state index >= 15 is 0 Å². The maximum Gasteiger partial charge on any atom is 0.230 e. The highest BCUT2D eigenvalue weighted by atomic mass is 35.5. The zero-order valence-corrected chi connectivity index (χ0v) is 18.1. The van der Waals surface area contributed by atoms with Crippen molar-refractivity contribution in [1.29, 1.82) is 0 Å². The first-order valence-corrected chi connectivity index (χ1v) is 10.7. The first-order valence-electron chi connectivity index (χ1n) is 9.29. The molecule has 2 aromatic carbocycles. The lowest BCUT2D eigenvalue weighted by atomic mass is 10.2. The third kappa shape index (κ3) is 5.31. The summed E-state index contributed by atoms with van der Waals surface area (Å²) in [5.41, 5.74) is 1.76. The zero-order chi connectivity index (χ0) is 20.8. The molecule has 0 bridgehead atoms. The zero-order valence-electron chi connectivity index (χ0n) is 16.6. The summed E-state index contributed by atoms with van der Waals surface area (Å²) < 4.78 is 7.17. The van der Waals surface area contributed by atoms with Gasteiger partial charge in [0.15, 0.2) is 11.0 Å². The van der Waals surface area contributed by atoms with Crippen molar-refractivity contribution in [2.24, 2.45) is 0 Å². The second-order valence-corrected chi connectivity index (χ2v) is 7.89. The molecule has 3 aromatic rings. The van der Waals surface area contributed by atoms with E-state index in [4.69, 9.17) is 16.3 Å². The van der Waals surface area contributed by atoms with Crippen LogP contribution in [-0.4, -0.2) is 39.6 Å². The second-order valence-electron chi connectivity index (χ2n) is 6.51. The summed E-state index contributed by atoms with van der Waals surface area (Å²) in [6.07, 6.45) is 0.888. The average Bonchev–Trinajstić information content (AvgIpc) is 3.16. The van der Waals surface area contributed by atoms with Crippen molar-refractivity contribution >= 4 is 29.3 Å². The number of thioether (sulfide) groups is 1. The molecule has 1 heterocycles. The minimum atomic E-state index is -0.0268. The van der Waals surface area contributed by atoms with E-state index < -0.39 is 0 Å². The van der Waals surface area contributed by atoms with Crippen LogP contribution in [0.5, 0.6) is 5.75 Å². The van der Waals surface area contributed by atoms with E-state index in [1.807, 2.05) is 66.9 Å². The van der Waals surface area contributed by atoms with Crippen LogP contribution in [0.25, 0.3) is 17.1 Å². The van der Waals surface area contributed by atoms with E-state index in [1.54, 1.807) is 7.11 Å². The summed E-state index contributed by atoms with van der Waals surface area (Å²) >= 11 is 7.40. The number of nitrogens with one attached hydrogen (secondary N) is 1. The van der Waals surface area contributed by atoms with Gasteiger partial charge in [0, 0.05) is 22.3 Å². The fraction of sp³-hybridized carbons (Fsp3) is 0.286. The summed E-state index contributed by atoms with van der Waals surface area (Å²) in [7, 11) is 1.63. The molecule has 1 N–H and O–H groups in total. The number of amides is 1. The first kappa shape index (κ1) is 21.2. The van der Waals surface area contributed by atoms with Gasteiger partial charge in [0.1, 0.15) is 5.75 Å². The molecular formula is C21H23ClN4O2S. The van der Waals surface area contributed by atoms with E-state index in [0.29, 0.717) is 16.0 Å². The van der Waals surface area contributed by atoms with Gasteiger partial charge in [0.2, 0.25) is 5.91 Å². The molecule has 1 atom stereocenters. The van der Waals surface area contributed by atoms with Gasteiger partial charge in [-0.15, -0.1) is 10.2 Å². The number of benzene rings is 2. The molecule has 0 saturated carbocycles. The summed E-state index contributed by atoms with van der Waals surface area (Å²) in [5, 5.41) is 13.0. The summed E-state index contributed by atoms with van der Waals surface area (Å²) in [6, 6.07) is 15.2. The van der Waals surface area contributed by atoms with Crippen LogP contribution in [-0.2, 0) is 4.79 Å². The Morgan fingerprint density at radius 3 is 2.48 bits per heavy atom. The molecule has 0 spiro atoms. The van der Waals surface area contributed by atoms with Gasteiger partial charge < -0.3 is 10.1 Å². The van der Waals surface area contributed by atoms with Crippen LogP contribution in [0.4, 0.5) is 0 Å². The van der Waals surface area contributed by atoms with Gasteiger partial charge in [0.05, 0.1) is 12.9 Å². The number of rotatable bonds is 8. The minimum Gasteiger partial charge on any atom is -0.497 e. The highest BCUT2D eigenvalue weighted by Gasteiger charge is 2.18. The van der Waals surface area contributed by atoms with E-state index in [2.05, 4.69) is 15.5 Å². The largest absolute Gasteiger partial charge is 0.497 e. The summed E-state index contributed by atoms with van der Waals surface area (Å²) in [5.74, 6) is 1.68. The number of carbonyl (C=O) groups excluding carboxylic acids is 1. The topological polar surface area (TPSA) is 69.0 Å². The van der Waals surface area contributed by atoms with Gasteiger partial charge in [-0.2, -0.15) is 0 Å². The van der Waals surface area contributed by atoms with Gasteiger partial charge in [0.25, 0.3) is 0 Å². The average molecular weight is 431 g/mol. The van der Waals surface area contributed by atoms with Crippen molar-refractivity contribution in [2.75, 3.05) is 12.9 Å². The van der Waals surface area contributed by atoms with E-state index in [-0.39, 0.29) is 17.7 Å². The van der Waals surface area contributed by atoms with Crippen molar-refractivity contribution in [3.05, 3.63) is 53.6 Å². The SMILES string of the molecule is CCC(C)NC(=O)CSc1nnc(-c2ccc(OC)cc2)n1-c1ccc(Cl)cc1. The Bertz CT molecular complexity index is 958. The summed E-state index contributed by atoms with van der Waals surface area (Å²) in [4.78, 5) is 12.2. The van der Waals surface area contributed by atoms with Gasteiger partial charge in [-0.1, -0.05) is 30.3 Å². The van der Waals surface area contributed by atoms with Crippen molar-refractivity contribution in [2.45, 2.75) is 31.5 Å². The Balaban J connectivity index is 1.92. The van der Waals surface area contributed by atoms with Crippen LogP contribution in [0.3, 0.4) is 0 Å². The normalized spacial score (nSPS) is 11.9. The quantitative estimate of drug-likeness (QED) is 0.529. The number of carbonyl (C=O) groups is 1. The van der Waals surface area contributed by atoms with Crippen LogP contribution < -0.4 is 10.1 Å². The van der Waals surface area contributed by atoms with E-state index in [0.717, 1.165) is 23.4 Å². The van der Waals surface area contributed by atoms with Gasteiger partial charge in [-0.05, 0) is 61.9 Å². The number of methoxy groups -OCH3 is 1. The standard InChI is InChI=1S/C21H23ClN4O2S/c1-4-14(2)23-19(27)13-29-21-25-24-20(15-5-11-18(28-3)12-6-15)26(21)17-9-7-16(22)8-10-17/h5-12,14H,4,13H2,1-3H3,(H,23,27). The van der Waals surface area contributed by atoms with Crippen molar-refractivity contribution in [3.63, 3.8) is 0 Å². The molecule has 1 unspecified atom stereocenters. The Labute approximate surface area is 179 Å². The molecule has 1 aromatic heterocycles. The van der Waals surface area contributed by atoms with Crippen LogP contribution in [0.15, 0.2) is 53.7 Å². The molecule has 3 rings (SSSR count). The van der Waals surface area contributed by atoms with Crippen LogP contribution in [0.2, 0.25) is 5.02 Å². The number of hydrogen-bond acceptors (Lipinski definition) is 5. The Morgan fingerprint density at radius 2 is 1.86 bits per heavy atom. The van der Waals surface area contributed by atoms with Gasteiger partial charge >= 0.3 is 0 Å². The first-order chi connectivity index (χ1) is 14.0. The highest BCUT2D eigenvalue weighted by molar-refractivity contribution is 7.99. The number of halogens is 1. The monoisotopic (exact) mass is 430 g/mol. The van der Waals surface area contributed by atoms with Crippen molar-refractivity contribution in [3.8, 4) is 22.8 Å². The van der Waals surface area contributed by atoms with Crippen molar-refractivity contribution < 1.29 is 9.53 Å². The maximum atomic E-state index is 12.2. The smallest absolute Gasteiger partial charge is 0.230 e. The molecular weight excluding hydrogens is 408 g/mol. The third-order valence-corrected chi connectivity index (χ3v) is 5.60. The van der Waals surface area contributed by atoms with Gasteiger partial charge in [-0.3, -0.25) is 9.36 Å². The molecule has 0 saturated heterocycles. The Morgan fingerprint density at radius 1 is 1.17 bits per heavy atom. The number of aromatic nitrogens is 3. The van der Waals surface area contributed by atoms with Crippen LogP contribution in [0, 0.1) is 0 Å². The number of nitrogens with zero attached hydrogens (tertiary/aromatic N) is 3. The molecule has 6 nitrogen and oxygen atoms in total. The fourth-order valence-electron chi connectivity index (χ4n) is 2.66. The number of hydrogen-bond donors (Lipinski definition) is 1. The lowest BCUT2D eigenvalue weighted by Crippen LogP contribution is -2.33. The molecule has 0 aliphatic carbocycles. The Kier molecular flexibility index (Phi) is 7.17. The van der Waals surface area contributed by atoms with Crippen molar-refractivity contribution in [1.82, 2.24) is 20.1 Å². The lowest BCUT2D eigenvalue weighted by Gasteiger charge is -2.12. The lowest BCUT2D eigenvalue weighted by molar-refractivity contribution is -0.119. The Hall–Kier alpha value is -2.51. The predicted molar refractivity (Wildman–Crippen MR) is 117 cm³/mol. The van der Waals surface area contributed by atoms with Gasteiger partial charge in [-0.25, -0.2) is 0 Å². The molecule has 8 heteroatoms. The highest BCUT2D eigenvalue weighted by Crippen LogP contribution is 2.29. The van der Waals surface area contributed by atoms with Crippen LogP contribution in [0.1, 0.15) is 20.3 Å². The molecule has 1 amide bonds. The second kappa shape index (κ2) is 9.80. The van der Waals surface area contributed by atoms with Crippen LogP contribution >= 0.6 is 23.4 Å². The van der Waals surface area contributed by atoms with E-state index in [9.17, 15) is 4.79 Å². The molecule has 0 aliphatic heterocycles. The third-order valence-electron chi connectivity index (χ3n) is 4.42. The maximum absolute atomic E-state index is 12.2. The molecule has 0 radical (unpaired) electrons. The van der Waals surface area contributed by atoms with E-state index in [1.165, 1.54) is 11.8 Å². The molecule has 0 aliphatic rings. The molecule has 152 valence electrons. The molecule has 0 fully saturated rings. The minimum absolute atomic E-state index is 0.0268. The number of ether oxygens (including phenoxy) is 1. The predicted octanol–water partition coefficient (Wildman–Crippen LogP) is 4.60. The fourth-order valence-corrected chi connectivity index (χ4v) is 3.55. The summed E-state index contributed by atoms with van der Waals surface area (Å²) in [6.45, 7) is 4.02. The molecule has 29 heavy (non-hydrogen) atoms.